The number of halogens is 2. The molecule has 4 rings (SSSR count). The molecule has 162 valence electrons. The van der Waals surface area contributed by atoms with Crippen molar-refractivity contribution < 1.29 is 13.9 Å². The summed E-state index contributed by atoms with van der Waals surface area (Å²) in [5, 5.41) is 7.82. The van der Waals surface area contributed by atoms with Gasteiger partial charge in [0.25, 0.3) is 5.91 Å². The maximum atomic E-state index is 13.2. The Morgan fingerprint density at radius 3 is 2.53 bits per heavy atom. The first kappa shape index (κ1) is 21.9. The maximum Gasteiger partial charge on any atom is 0.255 e. The van der Waals surface area contributed by atoms with Crippen molar-refractivity contribution in [1.29, 1.82) is 0 Å². The second-order valence-corrected chi connectivity index (χ2v) is 8.08. The normalized spacial score (nSPS) is 10.7. The summed E-state index contributed by atoms with van der Waals surface area (Å²) in [5.74, 6) is 0.128. The zero-order chi connectivity index (χ0) is 22.5. The Labute approximate surface area is 193 Å². The maximum absolute atomic E-state index is 13.2. The fraction of sp³-hybridized carbons (Fsp3) is 0.0870. The van der Waals surface area contributed by atoms with E-state index in [2.05, 4.69) is 15.4 Å². The molecule has 0 aliphatic rings. The van der Waals surface area contributed by atoms with Crippen LogP contribution in [0.1, 0.15) is 15.9 Å². The summed E-state index contributed by atoms with van der Waals surface area (Å²) < 4.78 is 20.0. The lowest BCUT2D eigenvalue weighted by Gasteiger charge is -2.11. The number of ether oxygens (including phenoxy) is 1. The van der Waals surface area contributed by atoms with Crippen LogP contribution >= 0.6 is 23.4 Å². The van der Waals surface area contributed by atoms with Gasteiger partial charge in [0.2, 0.25) is 5.28 Å². The van der Waals surface area contributed by atoms with E-state index in [0.717, 1.165) is 10.5 Å². The van der Waals surface area contributed by atoms with Gasteiger partial charge in [0, 0.05) is 10.5 Å². The number of methoxy groups -OCH3 is 1. The Balaban J connectivity index is 1.54. The number of hydrogen-bond donors (Lipinski definition) is 1. The van der Waals surface area contributed by atoms with E-state index in [0.29, 0.717) is 28.7 Å². The Morgan fingerprint density at radius 2 is 1.81 bits per heavy atom. The Bertz CT molecular complexity index is 1230. The molecule has 0 atom stereocenters. The van der Waals surface area contributed by atoms with Crippen LogP contribution in [0.25, 0.3) is 0 Å². The summed E-state index contributed by atoms with van der Waals surface area (Å²) in [7, 11) is 1.57. The predicted octanol–water partition coefficient (Wildman–Crippen LogP) is 5.53. The summed E-state index contributed by atoms with van der Waals surface area (Å²) in [6.45, 7) is 0.378. The molecule has 32 heavy (non-hydrogen) atoms. The monoisotopic (exact) mass is 468 g/mol. The number of nitrogens with one attached hydrogen (secondary N) is 1. The number of benzene rings is 3. The fourth-order valence-electron chi connectivity index (χ4n) is 2.94. The number of carbonyl (C=O) groups excluding carboxylic acids is 1. The molecule has 0 fully saturated rings. The quantitative estimate of drug-likeness (QED) is 0.386. The van der Waals surface area contributed by atoms with Crippen LogP contribution < -0.4 is 10.1 Å². The fourth-order valence-corrected chi connectivity index (χ4v) is 4.07. The van der Waals surface area contributed by atoms with Gasteiger partial charge in [-0.1, -0.05) is 24.3 Å². The van der Waals surface area contributed by atoms with E-state index >= 15 is 0 Å². The van der Waals surface area contributed by atoms with Gasteiger partial charge in [-0.2, -0.15) is 4.98 Å². The molecule has 1 N–H and O–H groups in total. The lowest BCUT2D eigenvalue weighted by molar-refractivity contribution is 0.102. The third kappa shape index (κ3) is 5.27. The van der Waals surface area contributed by atoms with Crippen LogP contribution in [0.5, 0.6) is 5.75 Å². The van der Waals surface area contributed by atoms with Crippen molar-refractivity contribution in [3.8, 4) is 5.75 Å². The van der Waals surface area contributed by atoms with Crippen molar-refractivity contribution in [2.45, 2.75) is 16.6 Å². The Hall–Kier alpha value is -3.36. The number of anilines is 1. The molecule has 0 saturated heterocycles. The average molecular weight is 469 g/mol. The van der Waals surface area contributed by atoms with Crippen molar-refractivity contribution >= 4 is 35.0 Å². The summed E-state index contributed by atoms with van der Waals surface area (Å²) in [6, 6.07) is 20.4. The smallest absolute Gasteiger partial charge is 0.255 e. The molecule has 0 aliphatic carbocycles. The highest BCUT2D eigenvalue weighted by molar-refractivity contribution is 7.99. The number of para-hydroxylation sites is 1. The zero-order valence-corrected chi connectivity index (χ0v) is 18.5. The summed E-state index contributed by atoms with van der Waals surface area (Å²) >= 11 is 7.38. The van der Waals surface area contributed by atoms with Crippen LogP contribution in [0.15, 0.2) is 82.8 Å². The van der Waals surface area contributed by atoms with Gasteiger partial charge in [0.1, 0.15) is 11.6 Å². The highest BCUT2D eigenvalue weighted by Gasteiger charge is 2.15. The SMILES string of the molecule is COc1ccc(C(=O)Nc2ccccc2Sc2nc(Cl)nn2Cc2ccc(F)cc2)cc1. The topological polar surface area (TPSA) is 69.0 Å². The minimum atomic E-state index is -0.304. The standard InChI is InChI=1S/C23H18ClFN4O2S/c1-31-18-12-8-16(9-13-18)21(30)26-19-4-2-3-5-20(19)32-23-27-22(24)28-29(23)14-15-6-10-17(25)11-7-15/h2-13H,14H2,1H3,(H,26,30). The van der Waals surface area contributed by atoms with Crippen LogP contribution in [0, 0.1) is 5.82 Å². The van der Waals surface area contributed by atoms with E-state index in [9.17, 15) is 9.18 Å². The Morgan fingerprint density at radius 1 is 1.09 bits per heavy atom. The lowest BCUT2D eigenvalue weighted by atomic mass is 10.2. The van der Waals surface area contributed by atoms with Gasteiger partial charge in [-0.3, -0.25) is 4.79 Å². The van der Waals surface area contributed by atoms with E-state index in [1.807, 2.05) is 24.3 Å². The number of aromatic nitrogens is 3. The van der Waals surface area contributed by atoms with Crippen molar-refractivity contribution in [3.05, 3.63) is 95.0 Å². The zero-order valence-electron chi connectivity index (χ0n) is 17.0. The van der Waals surface area contributed by atoms with Gasteiger partial charge in [0.15, 0.2) is 5.16 Å². The first-order valence-electron chi connectivity index (χ1n) is 9.59. The van der Waals surface area contributed by atoms with E-state index in [-0.39, 0.29) is 17.0 Å². The highest BCUT2D eigenvalue weighted by Crippen LogP contribution is 2.33. The summed E-state index contributed by atoms with van der Waals surface area (Å²) in [6.07, 6.45) is 0. The molecular formula is C23H18ClFN4O2S. The van der Waals surface area contributed by atoms with E-state index < -0.39 is 0 Å². The van der Waals surface area contributed by atoms with Crippen molar-refractivity contribution in [3.63, 3.8) is 0 Å². The van der Waals surface area contributed by atoms with Crippen molar-refractivity contribution in [2.75, 3.05) is 12.4 Å². The van der Waals surface area contributed by atoms with Gasteiger partial charge in [0.05, 0.1) is 19.3 Å². The average Bonchev–Trinajstić information content (AvgIpc) is 3.15. The third-order valence-electron chi connectivity index (χ3n) is 4.55. The van der Waals surface area contributed by atoms with Gasteiger partial charge < -0.3 is 10.1 Å². The molecule has 1 aromatic heterocycles. The van der Waals surface area contributed by atoms with E-state index in [1.54, 1.807) is 48.2 Å². The number of nitrogens with zero attached hydrogens (tertiary/aromatic N) is 3. The van der Waals surface area contributed by atoms with E-state index in [1.165, 1.54) is 23.9 Å². The van der Waals surface area contributed by atoms with Crippen LogP contribution in [0.4, 0.5) is 10.1 Å². The van der Waals surface area contributed by atoms with Crippen molar-refractivity contribution in [2.24, 2.45) is 0 Å². The lowest BCUT2D eigenvalue weighted by Crippen LogP contribution is -2.12. The van der Waals surface area contributed by atoms with Gasteiger partial charge >= 0.3 is 0 Å². The molecule has 0 unspecified atom stereocenters. The second-order valence-electron chi connectivity index (χ2n) is 6.73. The predicted molar refractivity (Wildman–Crippen MR) is 122 cm³/mol. The molecule has 0 aliphatic heterocycles. The second kappa shape index (κ2) is 9.84. The Kier molecular flexibility index (Phi) is 6.72. The minimum Gasteiger partial charge on any atom is -0.497 e. The number of hydrogen-bond acceptors (Lipinski definition) is 5. The number of rotatable bonds is 7. The minimum absolute atomic E-state index is 0.106. The third-order valence-corrected chi connectivity index (χ3v) is 5.77. The molecule has 9 heteroatoms. The molecule has 1 heterocycles. The highest BCUT2D eigenvalue weighted by atomic mass is 35.5. The number of amides is 1. The molecule has 0 radical (unpaired) electrons. The van der Waals surface area contributed by atoms with Crippen LogP contribution in [0.3, 0.4) is 0 Å². The molecule has 0 saturated carbocycles. The molecule has 1 amide bonds. The number of carbonyl (C=O) groups is 1. The van der Waals surface area contributed by atoms with Crippen LogP contribution in [0.2, 0.25) is 5.28 Å². The van der Waals surface area contributed by atoms with Gasteiger partial charge in [-0.15, -0.1) is 5.10 Å². The first-order chi connectivity index (χ1) is 15.5. The molecule has 4 aromatic rings. The van der Waals surface area contributed by atoms with Crippen molar-refractivity contribution in [1.82, 2.24) is 14.8 Å². The van der Waals surface area contributed by atoms with Gasteiger partial charge in [-0.05, 0) is 77.5 Å². The summed E-state index contributed by atoms with van der Waals surface area (Å²) in [5.41, 5.74) is 2.00. The molecule has 3 aromatic carbocycles. The first-order valence-corrected chi connectivity index (χ1v) is 10.8. The molecular weight excluding hydrogens is 451 g/mol. The van der Waals surface area contributed by atoms with Crippen LogP contribution in [-0.4, -0.2) is 27.8 Å². The van der Waals surface area contributed by atoms with Crippen LogP contribution in [-0.2, 0) is 6.54 Å². The molecule has 6 nitrogen and oxygen atoms in total. The largest absolute Gasteiger partial charge is 0.497 e. The molecule has 0 spiro atoms. The van der Waals surface area contributed by atoms with E-state index in [4.69, 9.17) is 16.3 Å². The molecule has 0 bridgehead atoms. The summed E-state index contributed by atoms with van der Waals surface area (Å²) in [4.78, 5) is 17.8. The van der Waals surface area contributed by atoms with Gasteiger partial charge in [-0.25, -0.2) is 9.07 Å².